The fourth-order valence-corrected chi connectivity index (χ4v) is 3.97. The number of nitrogens with zero attached hydrogens (tertiary/aromatic N) is 2. The lowest BCUT2D eigenvalue weighted by molar-refractivity contribution is 1.25. The van der Waals surface area contributed by atoms with Crippen molar-refractivity contribution in [3.8, 4) is 0 Å². The molecule has 2 heteroatoms. The topological polar surface area (TPSA) is 6.48 Å². The zero-order valence-corrected chi connectivity index (χ0v) is 27.8. The van der Waals surface area contributed by atoms with Crippen LogP contribution in [-0.2, 0) is 0 Å². The maximum atomic E-state index is 2.29. The molecule has 5 aromatic rings. The highest BCUT2D eigenvalue weighted by Gasteiger charge is 2.16. The molecule has 2 nitrogen and oxygen atoms in total. The zero-order valence-electron chi connectivity index (χ0n) is 27.8. The molecule has 5 aromatic carbocycles. The number of para-hydroxylation sites is 4. The Labute approximate surface area is 258 Å². The summed E-state index contributed by atoms with van der Waals surface area (Å²) in [5, 5.41) is 0. The summed E-state index contributed by atoms with van der Waals surface area (Å²) in [6.07, 6.45) is 0. The lowest BCUT2D eigenvalue weighted by atomic mass is 10.1. The second-order valence-corrected chi connectivity index (χ2v) is 7.53. The summed E-state index contributed by atoms with van der Waals surface area (Å²) in [6.45, 7) is 20.0. The Balaban J connectivity index is 0.00000153. The molecule has 0 unspecified atom stereocenters. The standard InChI is InChI=1S/C30H24N2.5C2H6/c1-5-14-25(15-6-1)31(26-16-7-2-8-17-26)29-22-13-23-30(24-29)32(27-18-9-3-10-19-27)28-20-11-4-12-21-28;5*1-2/h1-24H;5*1-2H3. The summed E-state index contributed by atoms with van der Waals surface area (Å²) < 4.78 is 0. The molecular formula is C40H54N2. The lowest BCUT2D eigenvalue weighted by Crippen LogP contribution is -2.13. The highest BCUT2D eigenvalue weighted by atomic mass is 15.2. The highest BCUT2D eigenvalue weighted by Crippen LogP contribution is 2.39. The summed E-state index contributed by atoms with van der Waals surface area (Å²) in [7, 11) is 0. The van der Waals surface area contributed by atoms with E-state index in [-0.39, 0.29) is 0 Å². The van der Waals surface area contributed by atoms with Gasteiger partial charge in [0.15, 0.2) is 0 Å². The number of hydrogen-bond acceptors (Lipinski definition) is 2. The Morgan fingerprint density at radius 1 is 0.238 bits per heavy atom. The molecule has 0 N–H and O–H groups in total. The summed E-state index contributed by atoms with van der Waals surface area (Å²) in [4.78, 5) is 4.58. The third-order valence-corrected chi connectivity index (χ3v) is 5.40. The SMILES string of the molecule is CC.CC.CC.CC.CC.c1ccc(N(c2ccccc2)c2cccc(N(c3ccccc3)c3ccccc3)c2)cc1. The van der Waals surface area contributed by atoms with Gasteiger partial charge in [-0.1, -0.05) is 148 Å². The van der Waals surface area contributed by atoms with Gasteiger partial charge in [-0.25, -0.2) is 0 Å². The fourth-order valence-electron chi connectivity index (χ4n) is 3.97. The minimum absolute atomic E-state index is 1.11. The first kappa shape index (κ1) is 37.7. The minimum atomic E-state index is 1.11. The van der Waals surface area contributed by atoms with Crippen LogP contribution < -0.4 is 9.80 Å². The van der Waals surface area contributed by atoms with Crippen LogP contribution in [0.15, 0.2) is 146 Å². The molecule has 42 heavy (non-hydrogen) atoms. The van der Waals surface area contributed by atoms with Crippen LogP contribution >= 0.6 is 0 Å². The molecule has 0 heterocycles. The second kappa shape index (κ2) is 24.5. The number of benzene rings is 5. The average molecular weight is 563 g/mol. The fraction of sp³-hybridized carbons (Fsp3) is 0.250. The van der Waals surface area contributed by atoms with Crippen molar-refractivity contribution in [2.24, 2.45) is 0 Å². The lowest BCUT2D eigenvalue weighted by Gasteiger charge is -2.29. The van der Waals surface area contributed by atoms with E-state index >= 15 is 0 Å². The van der Waals surface area contributed by atoms with Gasteiger partial charge in [-0.2, -0.15) is 0 Å². The van der Waals surface area contributed by atoms with Gasteiger partial charge in [-0.05, 0) is 66.7 Å². The average Bonchev–Trinajstić information content (AvgIpc) is 3.12. The van der Waals surface area contributed by atoms with Crippen LogP contribution in [0.25, 0.3) is 0 Å². The van der Waals surface area contributed by atoms with Crippen LogP contribution in [0.1, 0.15) is 69.2 Å². The van der Waals surface area contributed by atoms with Gasteiger partial charge >= 0.3 is 0 Å². The van der Waals surface area contributed by atoms with Crippen LogP contribution in [0.2, 0.25) is 0 Å². The maximum Gasteiger partial charge on any atom is 0.0482 e. The van der Waals surface area contributed by atoms with Gasteiger partial charge in [0.05, 0.1) is 0 Å². The van der Waals surface area contributed by atoms with Gasteiger partial charge in [0.1, 0.15) is 0 Å². The molecule has 5 rings (SSSR count). The van der Waals surface area contributed by atoms with Gasteiger partial charge in [-0.15, -0.1) is 0 Å². The number of hydrogen-bond donors (Lipinski definition) is 0. The van der Waals surface area contributed by atoms with Crippen molar-refractivity contribution >= 4 is 34.1 Å². The first-order valence-corrected chi connectivity index (χ1v) is 15.8. The molecule has 0 bridgehead atoms. The van der Waals surface area contributed by atoms with E-state index in [2.05, 4.69) is 155 Å². The number of anilines is 6. The van der Waals surface area contributed by atoms with E-state index in [1.54, 1.807) is 0 Å². The van der Waals surface area contributed by atoms with Gasteiger partial charge in [0.25, 0.3) is 0 Å². The van der Waals surface area contributed by atoms with Crippen LogP contribution in [0, 0.1) is 0 Å². The van der Waals surface area contributed by atoms with Crippen molar-refractivity contribution < 1.29 is 0 Å². The van der Waals surface area contributed by atoms with Gasteiger partial charge < -0.3 is 9.80 Å². The van der Waals surface area contributed by atoms with Crippen molar-refractivity contribution in [2.45, 2.75) is 69.2 Å². The normalized spacial score (nSPS) is 8.71. The van der Waals surface area contributed by atoms with E-state index < -0.39 is 0 Å². The quantitative estimate of drug-likeness (QED) is 0.203. The van der Waals surface area contributed by atoms with E-state index in [1.807, 2.05) is 69.2 Å². The van der Waals surface area contributed by atoms with E-state index in [9.17, 15) is 0 Å². The molecule has 0 aliphatic rings. The Bertz CT molecular complexity index is 1080. The summed E-state index contributed by atoms with van der Waals surface area (Å²) in [5.41, 5.74) is 6.72. The predicted molar refractivity (Wildman–Crippen MR) is 193 cm³/mol. The summed E-state index contributed by atoms with van der Waals surface area (Å²) in [5.74, 6) is 0. The Kier molecular flexibility index (Phi) is 22.0. The largest absolute Gasteiger partial charge is 0.310 e. The van der Waals surface area contributed by atoms with Crippen molar-refractivity contribution in [3.63, 3.8) is 0 Å². The molecular weight excluding hydrogens is 508 g/mol. The molecule has 0 amide bonds. The first-order chi connectivity index (χ1) is 20.9. The molecule has 0 aliphatic heterocycles. The van der Waals surface area contributed by atoms with Crippen molar-refractivity contribution in [3.05, 3.63) is 146 Å². The molecule has 0 saturated carbocycles. The Hall–Kier alpha value is -4.30. The molecule has 0 saturated heterocycles. The molecule has 0 atom stereocenters. The van der Waals surface area contributed by atoms with Crippen molar-refractivity contribution in [2.75, 3.05) is 9.80 Å². The number of rotatable bonds is 6. The van der Waals surface area contributed by atoms with Crippen LogP contribution in [0.3, 0.4) is 0 Å². The molecule has 0 aliphatic carbocycles. The highest BCUT2D eigenvalue weighted by molar-refractivity contribution is 5.82. The smallest absolute Gasteiger partial charge is 0.0482 e. The van der Waals surface area contributed by atoms with Crippen molar-refractivity contribution in [1.29, 1.82) is 0 Å². The first-order valence-electron chi connectivity index (χ1n) is 15.8. The zero-order chi connectivity index (χ0) is 31.6. The van der Waals surface area contributed by atoms with E-state index in [0.717, 1.165) is 34.1 Å². The van der Waals surface area contributed by atoms with E-state index in [4.69, 9.17) is 0 Å². The van der Waals surface area contributed by atoms with Gasteiger partial charge in [0.2, 0.25) is 0 Å². The molecule has 0 aromatic heterocycles. The molecule has 0 spiro atoms. The Morgan fingerprint density at radius 2 is 0.429 bits per heavy atom. The van der Waals surface area contributed by atoms with Crippen LogP contribution in [0.5, 0.6) is 0 Å². The summed E-state index contributed by atoms with van der Waals surface area (Å²) in [6, 6.07) is 50.7. The maximum absolute atomic E-state index is 2.29. The molecule has 0 radical (unpaired) electrons. The molecule has 0 fully saturated rings. The second-order valence-electron chi connectivity index (χ2n) is 7.53. The van der Waals surface area contributed by atoms with Crippen LogP contribution in [0.4, 0.5) is 34.1 Å². The van der Waals surface area contributed by atoms with E-state index in [1.165, 1.54) is 0 Å². The van der Waals surface area contributed by atoms with Gasteiger partial charge in [-0.3, -0.25) is 0 Å². The minimum Gasteiger partial charge on any atom is -0.310 e. The monoisotopic (exact) mass is 562 g/mol. The predicted octanol–water partition coefficient (Wildman–Crippen LogP) is 13.8. The third-order valence-electron chi connectivity index (χ3n) is 5.40. The van der Waals surface area contributed by atoms with E-state index in [0.29, 0.717) is 0 Å². The third kappa shape index (κ3) is 11.3. The summed E-state index contributed by atoms with van der Waals surface area (Å²) >= 11 is 0. The Morgan fingerprint density at radius 3 is 0.643 bits per heavy atom. The van der Waals surface area contributed by atoms with Gasteiger partial charge in [0, 0.05) is 34.1 Å². The van der Waals surface area contributed by atoms with Crippen molar-refractivity contribution in [1.82, 2.24) is 0 Å². The molecule has 224 valence electrons. The van der Waals surface area contributed by atoms with Crippen LogP contribution in [-0.4, -0.2) is 0 Å².